The molecule has 0 bridgehead atoms. The standard InChI is InChI=1S/C41H31N3/c1-3-12-29(13-4-1)30-22-24-32(25-23-30)38-28-37(42-41(43-38)33-14-5-2-6-15-33)31-16-11-17-34(27-26-31)44-39-20-9-7-18-35(39)36-19-8-10-21-40(36)44/h1-15,17-24,26-28,32H,16,25H2. The summed E-state index contributed by atoms with van der Waals surface area (Å²) in [5, 5.41) is 2.53. The molecule has 6 aromatic rings. The normalized spacial score (nSPS) is 16.5. The second-order valence-electron chi connectivity index (χ2n) is 11.4. The van der Waals surface area contributed by atoms with E-state index in [1.54, 1.807) is 0 Å². The van der Waals surface area contributed by atoms with Crippen molar-refractivity contribution in [2.24, 2.45) is 0 Å². The first-order valence-electron chi connectivity index (χ1n) is 15.3. The predicted octanol–water partition coefficient (Wildman–Crippen LogP) is 10.3. The Bertz CT molecular complexity index is 2110. The molecule has 0 spiro atoms. The van der Waals surface area contributed by atoms with Crippen LogP contribution in [0.2, 0.25) is 0 Å². The number of fused-ring (bicyclic) bond motifs is 3. The lowest BCUT2D eigenvalue weighted by atomic mass is 9.90. The molecule has 0 aliphatic heterocycles. The zero-order valence-corrected chi connectivity index (χ0v) is 24.3. The number of para-hydroxylation sites is 2. The molecule has 0 saturated heterocycles. The van der Waals surface area contributed by atoms with E-state index >= 15 is 0 Å². The van der Waals surface area contributed by atoms with Crippen molar-refractivity contribution >= 4 is 38.6 Å². The molecule has 4 aromatic carbocycles. The maximum Gasteiger partial charge on any atom is 0.160 e. The molecule has 3 heteroatoms. The maximum atomic E-state index is 5.13. The van der Waals surface area contributed by atoms with Gasteiger partial charge in [0.1, 0.15) is 0 Å². The van der Waals surface area contributed by atoms with Gasteiger partial charge in [0, 0.05) is 28.0 Å². The van der Waals surface area contributed by atoms with Gasteiger partial charge in [0.05, 0.1) is 22.4 Å². The van der Waals surface area contributed by atoms with Gasteiger partial charge in [-0.3, -0.25) is 0 Å². The van der Waals surface area contributed by atoms with Crippen molar-refractivity contribution in [1.29, 1.82) is 0 Å². The Morgan fingerprint density at radius 2 is 1.30 bits per heavy atom. The van der Waals surface area contributed by atoms with Gasteiger partial charge < -0.3 is 4.57 Å². The minimum atomic E-state index is 0.192. The van der Waals surface area contributed by atoms with Crippen molar-refractivity contribution in [3.63, 3.8) is 0 Å². The van der Waals surface area contributed by atoms with Crippen LogP contribution in [-0.2, 0) is 0 Å². The van der Waals surface area contributed by atoms with E-state index in [4.69, 9.17) is 9.97 Å². The minimum Gasteiger partial charge on any atom is -0.309 e. The zero-order valence-electron chi connectivity index (χ0n) is 24.3. The molecule has 1 unspecified atom stereocenters. The third-order valence-corrected chi connectivity index (χ3v) is 8.61. The van der Waals surface area contributed by atoms with Gasteiger partial charge in [0.25, 0.3) is 0 Å². The second kappa shape index (κ2) is 11.3. The molecular formula is C41H31N3. The molecule has 0 fully saturated rings. The van der Waals surface area contributed by atoms with Crippen LogP contribution in [0.15, 0.2) is 158 Å². The van der Waals surface area contributed by atoms with Crippen LogP contribution in [-0.4, -0.2) is 14.5 Å². The first kappa shape index (κ1) is 26.1. The number of allylic oxidation sites excluding steroid dienone is 10. The Labute approximate surface area is 257 Å². The Balaban J connectivity index is 1.20. The zero-order chi connectivity index (χ0) is 29.3. The van der Waals surface area contributed by atoms with Crippen LogP contribution < -0.4 is 0 Å². The average Bonchev–Trinajstić information content (AvgIpc) is 3.24. The molecule has 44 heavy (non-hydrogen) atoms. The Hall–Kier alpha value is -5.54. The summed E-state index contributed by atoms with van der Waals surface area (Å²) in [7, 11) is 0. The van der Waals surface area contributed by atoms with Crippen molar-refractivity contribution in [3.05, 3.63) is 175 Å². The molecule has 2 aliphatic rings. The van der Waals surface area contributed by atoms with Crippen LogP contribution in [0, 0.1) is 0 Å². The highest BCUT2D eigenvalue weighted by Gasteiger charge is 2.19. The highest BCUT2D eigenvalue weighted by Crippen LogP contribution is 2.35. The molecule has 2 aromatic heterocycles. The van der Waals surface area contributed by atoms with Crippen molar-refractivity contribution in [3.8, 4) is 11.4 Å². The molecule has 210 valence electrons. The van der Waals surface area contributed by atoms with E-state index in [9.17, 15) is 0 Å². The number of hydrogen-bond donors (Lipinski definition) is 0. The van der Waals surface area contributed by atoms with Crippen LogP contribution in [0.3, 0.4) is 0 Å². The number of rotatable bonds is 5. The van der Waals surface area contributed by atoms with Gasteiger partial charge in [-0.1, -0.05) is 127 Å². The summed E-state index contributed by atoms with van der Waals surface area (Å²) in [5.41, 5.74) is 10.3. The van der Waals surface area contributed by atoms with Crippen LogP contribution in [0.1, 0.15) is 35.7 Å². The molecule has 2 aliphatic carbocycles. The summed E-state index contributed by atoms with van der Waals surface area (Å²) in [6.07, 6.45) is 17.5. The topological polar surface area (TPSA) is 30.7 Å². The summed E-state index contributed by atoms with van der Waals surface area (Å²) in [6, 6.07) is 40.4. The smallest absolute Gasteiger partial charge is 0.160 e. The SMILES string of the molecule is C1=CC(n2c3ccccc3c3ccccc32)=CC=C(c2cc(C3C=CC(c4ccccc4)=CC3)nc(-c3ccccc3)n2)C1. The third kappa shape index (κ3) is 4.83. The number of nitrogens with zero attached hydrogens (tertiary/aromatic N) is 3. The summed E-state index contributed by atoms with van der Waals surface area (Å²) in [5.74, 6) is 0.961. The van der Waals surface area contributed by atoms with E-state index in [2.05, 4.69) is 156 Å². The molecule has 3 nitrogen and oxygen atoms in total. The van der Waals surface area contributed by atoms with Gasteiger partial charge >= 0.3 is 0 Å². The lowest BCUT2D eigenvalue weighted by Crippen LogP contribution is -2.06. The molecule has 0 saturated carbocycles. The summed E-state index contributed by atoms with van der Waals surface area (Å²) in [6.45, 7) is 0. The molecule has 0 amide bonds. The second-order valence-corrected chi connectivity index (χ2v) is 11.4. The quantitative estimate of drug-likeness (QED) is 0.208. The Morgan fingerprint density at radius 1 is 0.636 bits per heavy atom. The lowest BCUT2D eigenvalue weighted by molar-refractivity contribution is 0.810. The molecule has 0 N–H and O–H groups in total. The monoisotopic (exact) mass is 565 g/mol. The van der Waals surface area contributed by atoms with Crippen molar-refractivity contribution in [2.45, 2.75) is 18.8 Å². The van der Waals surface area contributed by atoms with Crippen LogP contribution in [0.5, 0.6) is 0 Å². The molecule has 8 rings (SSSR count). The fourth-order valence-corrected chi connectivity index (χ4v) is 6.38. The van der Waals surface area contributed by atoms with E-state index in [1.807, 2.05) is 6.07 Å². The number of hydrogen-bond acceptors (Lipinski definition) is 2. The van der Waals surface area contributed by atoms with Gasteiger partial charge in [-0.05, 0) is 59.9 Å². The Kier molecular flexibility index (Phi) is 6.69. The predicted molar refractivity (Wildman–Crippen MR) is 184 cm³/mol. The highest BCUT2D eigenvalue weighted by atomic mass is 15.0. The van der Waals surface area contributed by atoms with Gasteiger partial charge in [0.2, 0.25) is 0 Å². The van der Waals surface area contributed by atoms with Crippen molar-refractivity contribution < 1.29 is 0 Å². The largest absolute Gasteiger partial charge is 0.309 e. The first-order chi connectivity index (χ1) is 21.8. The van der Waals surface area contributed by atoms with Crippen LogP contribution in [0.25, 0.3) is 50.0 Å². The van der Waals surface area contributed by atoms with Crippen LogP contribution >= 0.6 is 0 Å². The van der Waals surface area contributed by atoms with Gasteiger partial charge in [0.15, 0.2) is 5.82 Å². The highest BCUT2D eigenvalue weighted by molar-refractivity contribution is 6.10. The van der Waals surface area contributed by atoms with Crippen LogP contribution in [0.4, 0.5) is 0 Å². The van der Waals surface area contributed by atoms with E-state index in [-0.39, 0.29) is 5.92 Å². The summed E-state index contributed by atoms with van der Waals surface area (Å²) in [4.78, 5) is 10.2. The molecule has 1 atom stereocenters. The van der Waals surface area contributed by atoms with Gasteiger partial charge in [-0.25, -0.2) is 9.97 Å². The maximum absolute atomic E-state index is 5.13. The number of aromatic nitrogens is 3. The summed E-state index contributed by atoms with van der Waals surface area (Å²) >= 11 is 0. The minimum absolute atomic E-state index is 0.192. The number of benzene rings is 4. The van der Waals surface area contributed by atoms with Gasteiger partial charge in [-0.15, -0.1) is 0 Å². The fraction of sp³-hybridized carbons (Fsp3) is 0.0732. The lowest BCUT2D eigenvalue weighted by Gasteiger charge is -2.18. The fourth-order valence-electron chi connectivity index (χ4n) is 6.38. The van der Waals surface area contributed by atoms with Crippen molar-refractivity contribution in [1.82, 2.24) is 14.5 Å². The average molecular weight is 566 g/mol. The molecule has 2 heterocycles. The summed E-state index contributed by atoms with van der Waals surface area (Å²) < 4.78 is 2.37. The van der Waals surface area contributed by atoms with Crippen molar-refractivity contribution in [2.75, 3.05) is 0 Å². The first-order valence-corrected chi connectivity index (χ1v) is 15.3. The van der Waals surface area contributed by atoms with Gasteiger partial charge in [-0.2, -0.15) is 0 Å². The third-order valence-electron chi connectivity index (χ3n) is 8.61. The molecule has 0 radical (unpaired) electrons. The Morgan fingerprint density at radius 3 is 1.98 bits per heavy atom. The van der Waals surface area contributed by atoms with E-state index in [1.165, 1.54) is 38.5 Å². The molecular weight excluding hydrogens is 534 g/mol. The van der Waals surface area contributed by atoms with E-state index in [0.29, 0.717) is 0 Å². The van der Waals surface area contributed by atoms with E-state index in [0.717, 1.165) is 41.3 Å². The van der Waals surface area contributed by atoms with E-state index < -0.39 is 0 Å².